The Morgan fingerprint density at radius 2 is 2.00 bits per heavy atom. The number of carbonyl (C=O) groups is 1. The van der Waals surface area contributed by atoms with E-state index in [9.17, 15) is 4.79 Å². The van der Waals surface area contributed by atoms with E-state index in [4.69, 9.17) is 0 Å². The van der Waals surface area contributed by atoms with Crippen molar-refractivity contribution in [3.63, 3.8) is 0 Å². The molecule has 0 radical (unpaired) electrons. The van der Waals surface area contributed by atoms with E-state index in [1.54, 1.807) is 0 Å². The second-order valence-corrected chi connectivity index (χ2v) is 7.28. The molecule has 0 unspecified atom stereocenters. The quantitative estimate of drug-likeness (QED) is 0.768. The Morgan fingerprint density at radius 1 is 1.15 bits per heavy atom. The molecule has 2 aliphatic rings. The van der Waals surface area contributed by atoms with Gasteiger partial charge in [0.1, 0.15) is 5.82 Å². The molecule has 6 heteroatoms. The van der Waals surface area contributed by atoms with Crippen LogP contribution in [0, 0.1) is 0 Å². The van der Waals surface area contributed by atoms with Crippen LogP contribution in [0.4, 0.5) is 10.6 Å². The molecular weight excluding hydrogens is 326 g/mol. The number of likely N-dealkylation sites (N-methyl/N-ethyl adjacent to an activating group) is 1. The first-order chi connectivity index (χ1) is 12.7. The van der Waals surface area contributed by atoms with E-state index in [0.717, 1.165) is 44.0 Å². The van der Waals surface area contributed by atoms with Gasteiger partial charge in [-0.3, -0.25) is 0 Å². The summed E-state index contributed by atoms with van der Waals surface area (Å²) in [5.41, 5.74) is 2.51. The SMILES string of the molecule is CN1CCN(c2ccc(CNC(=O)NCCC3=CCCCC3)cn2)CC1. The Kier molecular flexibility index (Phi) is 6.89. The molecule has 0 aromatic carbocycles. The highest BCUT2D eigenvalue weighted by atomic mass is 16.2. The van der Waals surface area contributed by atoms with Gasteiger partial charge in [-0.2, -0.15) is 0 Å². The van der Waals surface area contributed by atoms with Crippen LogP contribution in [0.1, 0.15) is 37.7 Å². The third-order valence-corrected chi connectivity index (χ3v) is 5.21. The molecule has 1 aromatic heterocycles. The predicted molar refractivity (Wildman–Crippen MR) is 105 cm³/mol. The van der Waals surface area contributed by atoms with Crippen LogP contribution < -0.4 is 15.5 Å². The summed E-state index contributed by atoms with van der Waals surface area (Å²) >= 11 is 0. The maximum Gasteiger partial charge on any atom is 0.315 e. The van der Waals surface area contributed by atoms with E-state index in [0.29, 0.717) is 13.1 Å². The van der Waals surface area contributed by atoms with E-state index >= 15 is 0 Å². The molecule has 3 rings (SSSR count). The van der Waals surface area contributed by atoms with Crippen molar-refractivity contribution in [2.45, 2.75) is 38.6 Å². The van der Waals surface area contributed by atoms with Crippen molar-refractivity contribution in [3.8, 4) is 0 Å². The predicted octanol–water partition coefficient (Wildman–Crippen LogP) is 2.52. The van der Waals surface area contributed by atoms with E-state index < -0.39 is 0 Å². The molecule has 26 heavy (non-hydrogen) atoms. The molecule has 6 nitrogen and oxygen atoms in total. The lowest BCUT2D eigenvalue weighted by molar-refractivity contribution is 0.240. The maximum atomic E-state index is 11.9. The fraction of sp³-hybridized carbons (Fsp3) is 0.600. The van der Waals surface area contributed by atoms with Crippen molar-refractivity contribution in [2.75, 3.05) is 44.7 Å². The molecule has 1 fully saturated rings. The molecule has 2 heterocycles. The molecule has 0 saturated carbocycles. The first-order valence-corrected chi connectivity index (χ1v) is 9.79. The van der Waals surface area contributed by atoms with Gasteiger partial charge in [0.2, 0.25) is 0 Å². The zero-order chi connectivity index (χ0) is 18.2. The maximum absolute atomic E-state index is 11.9. The van der Waals surface area contributed by atoms with Crippen LogP contribution in [0.25, 0.3) is 0 Å². The third-order valence-electron chi connectivity index (χ3n) is 5.21. The van der Waals surface area contributed by atoms with Gasteiger partial charge in [-0.25, -0.2) is 9.78 Å². The van der Waals surface area contributed by atoms with Gasteiger partial charge in [0.25, 0.3) is 0 Å². The summed E-state index contributed by atoms with van der Waals surface area (Å²) in [4.78, 5) is 21.1. The molecule has 2 amide bonds. The molecule has 1 aliphatic heterocycles. The number of nitrogens with one attached hydrogen (secondary N) is 2. The summed E-state index contributed by atoms with van der Waals surface area (Å²) in [5.74, 6) is 1.02. The van der Waals surface area contributed by atoms with Crippen LogP contribution in [0.3, 0.4) is 0 Å². The van der Waals surface area contributed by atoms with Crippen molar-refractivity contribution in [3.05, 3.63) is 35.5 Å². The lowest BCUT2D eigenvalue weighted by atomic mass is 9.97. The molecule has 0 bridgehead atoms. The first kappa shape index (κ1) is 18.7. The highest BCUT2D eigenvalue weighted by Crippen LogP contribution is 2.19. The van der Waals surface area contributed by atoms with Gasteiger partial charge in [0, 0.05) is 45.5 Å². The number of hydrogen-bond acceptors (Lipinski definition) is 4. The zero-order valence-electron chi connectivity index (χ0n) is 15.8. The van der Waals surface area contributed by atoms with Crippen molar-refractivity contribution >= 4 is 11.8 Å². The Labute approximate surface area is 156 Å². The number of rotatable bonds is 6. The van der Waals surface area contributed by atoms with Gasteiger partial charge in [-0.05, 0) is 50.8 Å². The smallest absolute Gasteiger partial charge is 0.315 e. The fourth-order valence-corrected chi connectivity index (χ4v) is 3.46. The minimum Gasteiger partial charge on any atom is -0.354 e. The number of allylic oxidation sites excluding steroid dienone is 1. The van der Waals surface area contributed by atoms with Crippen LogP contribution >= 0.6 is 0 Å². The Balaban J connectivity index is 1.36. The van der Waals surface area contributed by atoms with Crippen LogP contribution in [-0.4, -0.2) is 55.7 Å². The number of pyridine rings is 1. The van der Waals surface area contributed by atoms with E-state index in [-0.39, 0.29) is 6.03 Å². The average molecular weight is 358 g/mol. The van der Waals surface area contributed by atoms with Crippen molar-refractivity contribution in [1.29, 1.82) is 0 Å². The average Bonchev–Trinajstić information content (AvgIpc) is 2.68. The standard InChI is InChI=1S/C20H31N5O/c1-24-11-13-25(14-12-24)19-8-7-18(15-22-19)16-23-20(26)21-10-9-17-5-3-2-4-6-17/h5,7-8,15H,2-4,6,9-14,16H2,1H3,(H2,21,23,26). The number of hydrogen-bond donors (Lipinski definition) is 2. The number of urea groups is 1. The minimum atomic E-state index is -0.107. The normalized spacial score (nSPS) is 18.3. The third kappa shape index (κ3) is 5.73. The second-order valence-electron chi connectivity index (χ2n) is 7.28. The molecular formula is C20H31N5O. The highest BCUT2D eigenvalue weighted by molar-refractivity contribution is 5.73. The van der Waals surface area contributed by atoms with E-state index in [1.807, 2.05) is 12.3 Å². The summed E-state index contributed by atoms with van der Waals surface area (Å²) in [6.45, 7) is 5.38. The fourth-order valence-electron chi connectivity index (χ4n) is 3.46. The molecule has 1 aliphatic carbocycles. The molecule has 142 valence electrons. The van der Waals surface area contributed by atoms with Gasteiger partial charge in [-0.1, -0.05) is 17.7 Å². The number of aromatic nitrogens is 1. The van der Waals surface area contributed by atoms with Crippen LogP contribution in [0.15, 0.2) is 30.0 Å². The van der Waals surface area contributed by atoms with Crippen molar-refractivity contribution in [1.82, 2.24) is 20.5 Å². The summed E-state index contributed by atoms with van der Waals surface area (Å²) in [6, 6.07) is 3.99. The summed E-state index contributed by atoms with van der Waals surface area (Å²) in [5, 5.41) is 5.85. The Morgan fingerprint density at radius 3 is 2.69 bits per heavy atom. The molecule has 1 aromatic rings. The summed E-state index contributed by atoms with van der Waals surface area (Å²) in [7, 11) is 2.15. The lowest BCUT2D eigenvalue weighted by Gasteiger charge is -2.33. The van der Waals surface area contributed by atoms with E-state index in [1.165, 1.54) is 31.3 Å². The largest absolute Gasteiger partial charge is 0.354 e. The molecule has 0 spiro atoms. The molecule has 1 saturated heterocycles. The topological polar surface area (TPSA) is 60.5 Å². The van der Waals surface area contributed by atoms with Crippen LogP contribution in [0.5, 0.6) is 0 Å². The number of amides is 2. The number of piperazine rings is 1. The van der Waals surface area contributed by atoms with E-state index in [2.05, 4.69) is 44.6 Å². The Bertz CT molecular complexity index is 605. The Hall–Kier alpha value is -2.08. The summed E-state index contributed by atoms with van der Waals surface area (Å²) in [6.07, 6.45) is 10.1. The van der Waals surface area contributed by atoms with Gasteiger partial charge in [0.15, 0.2) is 0 Å². The van der Waals surface area contributed by atoms with Crippen molar-refractivity contribution in [2.24, 2.45) is 0 Å². The highest BCUT2D eigenvalue weighted by Gasteiger charge is 2.15. The van der Waals surface area contributed by atoms with Crippen molar-refractivity contribution < 1.29 is 4.79 Å². The second kappa shape index (κ2) is 9.57. The van der Waals surface area contributed by atoms with Crippen LogP contribution in [-0.2, 0) is 6.54 Å². The van der Waals surface area contributed by atoms with Gasteiger partial charge in [0.05, 0.1) is 0 Å². The lowest BCUT2D eigenvalue weighted by Crippen LogP contribution is -2.44. The molecule has 0 atom stereocenters. The number of anilines is 1. The first-order valence-electron chi connectivity index (χ1n) is 9.79. The van der Waals surface area contributed by atoms with Gasteiger partial charge < -0.3 is 20.4 Å². The van der Waals surface area contributed by atoms with Gasteiger partial charge in [-0.15, -0.1) is 0 Å². The minimum absolute atomic E-state index is 0.107. The molecule has 2 N–H and O–H groups in total. The number of nitrogens with zero attached hydrogens (tertiary/aromatic N) is 3. The summed E-state index contributed by atoms with van der Waals surface area (Å²) < 4.78 is 0. The van der Waals surface area contributed by atoms with Crippen LogP contribution in [0.2, 0.25) is 0 Å². The number of carbonyl (C=O) groups excluding carboxylic acids is 1. The van der Waals surface area contributed by atoms with Gasteiger partial charge >= 0.3 is 6.03 Å². The monoisotopic (exact) mass is 357 g/mol. The zero-order valence-corrected chi connectivity index (χ0v) is 15.8.